The average molecular weight is 344 g/mol. The van der Waals surface area contributed by atoms with Crippen LogP contribution in [0.3, 0.4) is 0 Å². The van der Waals surface area contributed by atoms with Crippen LogP contribution < -0.4 is 4.74 Å². The molecule has 1 fully saturated rings. The maximum Gasteiger partial charge on any atom is 0.168 e. The molecule has 0 amide bonds. The molecule has 24 heavy (non-hydrogen) atoms. The SMILES string of the molecule is CCOP(O)CC(c1cccc(OCc2ccccc2)c1)C1CC1. The van der Waals surface area contributed by atoms with Gasteiger partial charge in [0, 0.05) is 6.16 Å². The summed E-state index contributed by atoms with van der Waals surface area (Å²) in [5.74, 6) is 1.93. The highest BCUT2D eigenvalue weighted by atomic mass is 31.2. The van der Waals surface area contributed by atoms with Crippen LogP contribution >= 0.6 is 8.38 Å². The molecule has 0 bridgehead atoms. The van der Waals surface area contributed by atoms with Gasteiger partial charge in [-0.05, 0) is 54.9 Å². The summed E-state index contributed by atoms with van der Waals surface area (Å²) in [6, 6.07) is 18.5. The average Bonchev–Trinajstić information content (AvgIpc) is 3.44. The third-order valence-electron chi connectivity index (χ3n) is 4.36. The molecule has 2 unspecified atom stereocenters. The molecule has 0 aromatic heterocycles. The van der Waals surface area contributed by atoms with Gasteiger partial charge in [0.2, 0.25) is 0 Å². The van der Waals surface area contributed by atoms with Gasteiger partial charge in [-0.15, -0.1) is 0 Å². The fraction of sp³-hybridized carbons (Fsp3) is 0.400. The van der Waals surface area contributed by atoms with Crippen molar-refractivity contribution in [3.63, 3.8) is 0 Å². The molecule has 0 aliphatic heterocycles. The molecular formula is C20H25O3P. The lowest BCUT2D eigenvalue weighted by Gasteiger charge is -2.20. The van der Waals surface area contributed by atoms with Crippen LogP contribution in [-0.2, 0) is 11.1 Å². The van der Waals surface area contributed by atoms with Crippen molar-refractivity contribution in [3.05, 3.63) is 65.7 Å². The van der Waals surface area contributed by atoms with E-state index in [4.69, 9.17) is 9.26 Å². The van der Waals surface area contributed by atoms with Crippen LogP contribution in [-0.4, -0.2) is 17.7 Å². The van der Waals surface area contributed by atoms with Crippen LogP contribution in [0.1, 0.15) is 36.8 Å². The highest BCUT2D eigenvalue weighted by molar-refractivity contribution is 7.46. The smallest absolute Gasteiger partial charge is 0.168 e. The van der Waals surface area contributed by atoms with Gasteiger partial charge in [0.1, 0.15) is 12.4 Å². The first-order valence-corrected chi connectivity index (χ1v) is 10.0. The van der Waals surface area contributed by atoms with Crippen molar-refractivity contribution >= 4 is 8.38 Å². The van der Waals surface area contributed by atoms with Gasteiger partial charge in [-0.2, -0.15) is 0 Å². The quantitative estimate of drug-likeness (QED) is 0.643. The minimum atomic E-state index is -1.33. The Morgan fingerprint density at radius 1 is 1.12 bits per heavy atom. The minimum absolute atomic E-state index is 0.368. The minimum Gasteiger partial charge on any atom is -0.489 e. The van der Waals surface area contributed by atoms with E-state index in [1.807, 2.05) is 37.3 Å². The van der Waals surface area contributed by atoms with Crippen LogP contribution in [0.2, 0.25) is 0 Å². The molecule has 0 spiro atoms. The Morgan fingerprint density at radius 3 is 2.62 bits per heavy atom. The summed E-state index contributed by atoms with van der Waals surface area (Å²) in [7, 11) is -1.33. The Morgan fingerprint density at radius 2 is 1.92 bits per heavy atom. The molecule has 3 rings (SSSR count). The molecule has 2 aromatic rings. The Kier molecular flexibility index (Phi) is 6.25. The first-order chi connectivity index (χ1) is 11.8. The normalized spacial score (nSPS) is 16.6. The summed E-state index contributed by atoms with van der Waals surface area (Å²) in [4.78, 5) is 10.1. The molecular weight excluding hydrogens is 319 g/mol. The van der Waals surface area contributed by atoms with Gasteiger partial charge >= 0.3 is 0 Å². The third kappa shape index (κ3) is 5.04. The van der Waals surface area contributed by atoms with E-state index in [1.165, 1.54) is 18.4 Å². The lowest BCUT2D eigenvalue weighted by molar-refractivity contribution is 0.305. The van der Waals surface area contributed by atoms with Gasteiger partial charge in [-0.1, -0.05) is 42.5 Å². The largest absolute Gasteiger partial charge is 0.489 e. The van der Waals surface area contributed by atoms with Gasteiger partial charge in [0.15, 0.2) is 8.38 Å². The molecule has 128 valence electrons. The Balaban J connectivity index is 1.66. The summed E-state index contributed by atoms with van der Waals surface area (Å²) >= 11 is 0. The zero-order valence-electron chi connectivity index (χ0n) is 14.1. The fourth-order valence-corrected chi connectivity index (χ4v) is 4.22. The van der Waals surface area contributed by atoms with Crippen molar-refractivity contribution < 1.29 is 14.2 Å². The van der Waals surface area contributed by atoms with Crippen molar-refractivity contribution in [2.75, 3.05) is 12.8 Å². The number of ether oxygens (including phenoxy) is 1. The highest BCUT2D eigenvalue weighted by Crippen LogP contribution is 2.49. The predicted octanol–water partition coefficient (Wildman–Crippen LogP) is 5.10. The zero-order chi connectivity index (χ0) is 16.8. The molecule has 2 aromatic carbocycles. The fourth-order valence-electron chi connectivity index (χ4n) is 2.97. The lowest BCUT2D eigenvalue weighted by Crippen LogP contribution is -2.07. The molecule has 1 saturated carbocycles. The molecule has 4 heteroatoms. The summed E-state index contributed by atoms with van der Waals surface area (Å²) in [6.45, 7) is 3.07. The van der Waals surface area contributed by atoms with Crippen molar-refractivity contribution in [2.24, 2.45) is 5.92 Å². The van der Waals surface area contributed by atoms with Gasteiger partial charge in [0.05, 0.1) is 6.61 Å². The van der Waals surface area contributed by atoms with Crippen LogP contribution in [0.15, 0.2) is 54.6 Å². The van der Waals surface area contributed by atoms with Gasteiger partial charge in [0.25, 0.3) is 0 Å². The van der Waals surface area contributed by atoms with E-state index >= 15 is 0 Å². The summed E-state index contributed by atoms with van der Waals surface area (Å²) in [5.41, 5.74) is 2.42. The van der Waals surface area contributed by atoms with E-state index in [1.54, 1.807) is 0 Å². The van der Waals surface area contributed by atoms with Crippen LogP contribution in [0, 0.1) is 5.92 Å². The molecule has 1 N–H and O–H groups in total. The van der Waals surface area contributed by atoms with Gasteiger partial charge in [-0.25, -0.2) is 0 Å². The van der Waals surface area contributed by atoms with Crippen LogP contribution in [0.5, 0.6) is 5.75 Å². The van der Waals surface area contributed by atoms with Crippen LogP contribution in [0.25, 0.3) is 0 Å². The van der Waals surface area contributed by atoms with E-state index in [9.17, 15) is 4.89 Å². The molecule has 0 heterocycles. The molecule has 1 aliphatic rings. The third-order valence-corrected chi connectivity index (χ3v) is 5.62. The van der Waals surface area contributed by atoms with Crippen molar-refractivity contribution in [1.29, 1.82) is 0 Å². The number of hydrogen-bond acceptors (Lipinski definition) is 3. The maximum absolute atomic E-state index is 10.1. The molecule has 1 aliphatic carbocycles. The summed E-state index contributed by atoms with van der Waals surface area (Å²) < 4.78 is 11.3. The molecule has 2 atom stereocenters. The van der Waals surface area contributed by atoms with Crippen molar-refractivity contribution in [3.8, 4) is 5.75 Å². The predicted molar refractivity (Wildman–Crippen MR) is 98.3 cm³/mol. The Hall–Kier alpha value is -1.41. The van der Waals surface area contributed by atoms with Crippen LogP contribution in [0.4, 0.5) is 0 Å². The number of hydrogen-bond donors (Lipinski definition) is 1. The van der Waals surface area contributed by atoms with E-state index in [-0.39, 0.29) is 0 Å². The van der Waals surface area contributed by atoms with E-state index < -0.39 is 8.38 Å². The number of benzene rings is 2. The summed E-state index contributed by atoms with van der Waals surface area (Å²) in [5, 5.41) is 0. The van der Waals surface area contributed by atoms with E-state index in [0.29, 0.717) is 25.0 Å². The summed E-state index contributed by atoms with van der Waals surface area (Å²) in [6.07, 6.45) is 3.21. The Labute approximate surface area is 145 Å². The van der Waals surface area contributed by atoms with Crippen molar-refractivity contribution in [1.82, 2.24) is 0 Å². The molecule has 3 nitrogen and oxygen atoms in total. The van der Waals surface area contributed by atoms with E-state index in [2.05, 4.69) is 24.3 Å². The topological polar surface area (TPSA) is 38.7 Å². The maximum atomic E-state index is 10.1. The zero-order valence-corrected chi connectivity index (χ0v) is 15.0. The molecule has 0 saturated heterocycles. The second-order valence-corrected chi connectivity index (χ2v) is 7.57. The monoisotopic (exact) mass is 344 g/mol. The number of rotatable bonds is 9. The second kappa shape index (κ2) is 8.62. The highest BCUT2D eigenvalue weighted by Gasteiger charge is 2.34. The van der Waals surface area contributed by atoms with Gasteiger partial charge in [-0.3, -0.25) is 0 Å². The first kappa shape index (κ1) is 17.4. The molecule has 0 radical (unpaired) electrons. The lowest BCUT2D eigenvalue weighted by atomic mass is 9.96. The second-order valence-electron chi connectivity index (χ2n) is 6.24. The standard InChI is InChI=1S/C20H25O3P/c1-2-23-24(21)15-20(17-11-12-17)18-9-6-10-19(13-18)22-14-16-7-4-3-5-8-16/h3-10,13,17,20-21H,2,11-12,14-15H2,1H3. The van der Waals surface area contributed by atoms with E-state index in [0.717, 1.165) is 17.5 Å². The van der Waals surface area contributed by atoms with Gasteiger partial charge < -0.3 is 14.2 Å². The Bertz CT molecular complexity index is 628. The first-order valence-electron chi connectivity index (χ1n) is 8.62. The van der Waals surface area contributed by atoms with Crippen molar-refractivity contribution in [2.45, 2.75) is 32.3 Å².